The number of hydrogen-bond acceptors (Lipinski definition) is 3. The Kier molecular flexibility index (Phi) is 4.85. The van der Waals surface area contributed by atoms with E-state index in [9.17, 15) is 9.90 Å². The predicted molar refractivity (Wildman–Crippen MR) is 77.4 cm³/mol. The molecule has 0 aliphatic rings. The molecule has 0 aliphatic carbocycles. The van der Waals surface area contributed by atoms with Crippen molar-refractivity contribution in [3.63, 3.8) is 0 Å². The van der Waals surface area contributed by atoms with E-state index in [-0.39, 0.29) is 17.2 Å². The van der Waals surface area contributed by atoms with Crippen LogP contribution in [0.15, 0.2) is 48.5 Å². The Balaban J connectivity index is 1.82. The molecule has 2 N–H and O–H groups in total. The number of amides is 1. The van der Waals surface area contributed by atoms with Gasteiger partial charge in [0.25, 0.3) is 5.91 Å². The van der Waals surface area contributed by atoms with E-state index in [0.717, 1.165) is 5.75 Å². The van der Waals surface area contributed by atoms with Gasteiger partial charge in [-0.1, -0.05) is 29.8 Å². The molecule has 0 heterocycles. The molecule has 5 heteroatoms. The van der Waals surface area contributed by atoms with E-state index < -0.39 is 0 Å². The molecule has 104 valence electrons. The first-order valence-electron chi connectivity index (χ1n) is 6.11. The molecule has 0 saturated heterocycles. The maximum absolute atomic E-state index is 11.8. The topological polar surface area (TPSA) is 58.6 Å². The van der Waals surface area contributed by atoms with Crippen molar-refractivity contribution in [2.45, 2.75) is 0 Å². The van der Waals surface area contributed by atoms with Crippen LogP contribution in [0.3, 0.4) is 0 Å². The highest BCUT2D eigenvalue weighted by atomic mass is 35.5. The van der Waals surface area contributed by atoms with E-state index in [4.69, 9.17) is 16.3 Å². The maximum Gasteiger partial charge on any atom is 0.255 e. The summed E-state index contributed by atoms with van der Waals surface area (Å²) in [5.74, 6) is 0.255. The quantitative estimate of drug-likeness (QED) is 0.833. The molecule has 0 bridgehead atoms. The van der Waals surface area contributed by atoms with Gasteiger partial charge in [0, 0.05) is 5.02 Å². The highest BCUT2D eigenvalue weighted by Gasteiger charge is 2.10. The average Bonchev–Trinajstić information content (AvgIpc) is 2.47. The second kappa shape index (κ2) is 6.82. The molecule has 0 spiro atoms. The van der Waals surface area contributed by atoms with Crippen molar-refractivity contribution >= 4 is 17.5 Å². The molecule has 4 nitrogen and oxygen atoms in total. The lowest BCUT2D eigenvalue weighted by atomic mass is 10.2. The Morgan fingerprint density at radius 3 is 2.70 bits per heavy atom. The second-order valence-electron chi connectivity index (χ2n) is 4.08. The maximum atomic E-state index is 11.8. The number of nitrogens with one attached hydrogen (secondary N) is 1. The van der Waals surface area contributed by atoms with E-state index in [1.54, 1.807) is 0 Å². The minimum Gasteiger partial charge on any atom is -0.507 e. The first-order chi connectivity index (χ1) is 9.66. The van der Waals surface area contributed by atoms with Crippen molar-refractivity contribution in [1.82, 2.24) is 5.32 Å². The van der Waals surface area contributed by atoms with Crippen LogP contribution in [-0.4, -0.2) is 24.2 Å². The number of phenols is 1. The lowest BCUT2D eigenvalue weighted by Gasteiger charge is -2.08. The Morgan fingerprint density at radius 2 is 1.95 bits per heavy atom. The number of rotatable bonds is 5. The van der Waals surface area contributed by atoms with Gasteiger partial charge in [-0.15, -0.1) is 0 Å². The number of carbonyl (C=O) groups is 1. The molecule has 0 saturated carbocycles. The van der Waals surface area contributed by atoms with Gasteiger partial charge in [0.2, 0.25) is 0 Å². The SMILES string of the molecule is O=C(NCCOc1ccccc1)c1cc(Cl)ccc1O. The molecule has 1 amide bonds. The van der Waals surface area contributed by atoms with Crippen molar-refractivity contribution in [3.8, 4) is 11.5 Å². The molecule has 20 heavy (non-hydrogen) atoms. The van der Waals surface area contributed by atoms with Crippen LogP contribution >= 0.6 is 11.6 Å². The summed E-state index contributed by atoms with van der Waals surface area (Å²) in [5, 5.41) is 12.6. The third-order valence-corrected chi connectivity index (χ3v) is 2.84. The van der Waals surface area contributed by atoms with Crippen molar-refractivity contribution in [2.75, 3.05) is 13.2 Å². The number of carbonyl (C=O) groups excluding carboxylic acids is 1. The summed E-state index contributed by atoms with van der Waals surface area (Å²) in [6.07, 6.45) is 0. The highest BCUT2D eigenvalue weighted by molar-refractivity contribution is 6.31. The summed E-state index contributed by atoms with van der Waals surface area (Å²) >= 11 is 5.79. The largest absolute Gasteiger partial charge is 0.507 e. The molecule has 2 aromatic rings. The monoisotopic (exact) mass is 291 g/mol. The molecule has 2 rings (SSSR count). The van der Waals surface area contributed by atoms with Crippen LogP contribution in [0.4, 0.5) is 0 Å². The summed E-state index contributed by atoms with van der Waals surface area (Å²) in [7, 11) is 0. The van der Waals surface area contributed by atoms with Gasteiger partial charge < -0.3 is 15.2 Å². The third-order valence-electron chi connectivity index (χ3n) is 2.60. The smallest absolute Gasteiger partial charge is 0.255 e. The number of hydrogen-bond donors (Lipinski definition) is 2. The predicted octanol–water partition coefficient (Wildman–Crippen LogP) is 2.85. The van der Waals surface area contributed by atoms with Gasteiger partial charge in [0.1, 0.15) is 18.1 Å². The Labute approximate surface area is 122 Å². The minimum absolute atomic E-state index is 0.101. The lowest BCUT2D eigenvalue weighted by Crippen LogP contribution is -2.28. The van der Waals surface area contributed by atoms with Gasteiger partial charge >= 0.3 is 0 Å². The number of aromatic hydroxyl groups is 1. The van der Waals surface area contributed by atoms with Crippen molar-refractivity contribution in [2.24, 2.45) is 0 Å². The van der Waals surface area contributed by atoms with E-state index >= 15 is 0 Å². The normalized spacial score (nSPS) is 10.1. The lowest BCUT2D eigenvalue weighted by molar-refractivity contribution is 0.0944. The van der Waals surface area contributed by atoms with Crippen LogP contribution in [-0.2, 0) is 0 Å². The third kappa shape index (κ3) is 3.90. The van der Waals surface area contributed by atoms with Crippen molar-refractivity contribution < 1.29 is 14.6 Å². The highest BCUT2D eigenvalue weighted by Crippen LogP contribution is 2.21. The number of ether oxygens (including phenoxy) is 1. The van der Waals surface area contributed by atoms with Crippen molar-refractivity contribution in [1.29, 1.82) is 0 Å². The molecular weight excluding hydrogens is 278 g/mol. The van der Waals surface area contributed by atoms with Crippen LogP contribution in [0.2, 0.25) is 5.02 Å². The van der Waals surface area contributed by atoms with Gasteiger partial charge in [0.05, 0.1) is 12.1 Å². The Bertz CT molecular complexity index is 587. The molecule has 0 atom stereocenters. The van der Waals surface area contributed by atoms with Gasteiger partial charge in [-0.25, -0.2) is 0 Å². The van der Waals surface area contributed by atoms with Crippen LogP contribution < -0.4 is 10.1 Å². The fourth-order valence-corrected chi connectivity index (χ4v) is 1.81. The molecule has 2 aromatic carbocycles. The standard InChI is InChI=1S/C15H14ClNO3/c16-11-6-7-14(18)13(10-11)15(19)17-8-9-20-12-4-2-1-3-5-12/h1-7,10,18H,8-9H2,(H,17,19). The fraction of sp³-hybridized carbons (Fsp3) is 0.133. The Hall–Kier alpha value is -2.20. The summed E-state index contributed by atoms with van der Waals surface area (Å²) in [5.41, 5.74) is 0.150. The van der Waals surface area contributed by atoms with Gasteiger partial charge in [0.15, 0.2) is 0 Å². The van der Waals surface area contributed by atoms with E-state index in [1.807, 2.05) is 30.3 Å². The Morgan fingerprint density at radius 1 is 1.20 bits per heavy atom. The molecule has 0 unspecified atom stereocenters. The van der Waals surface area contributed by atoms with E-state index in [0.29, 0.717) is 18.2 Å². The number of para-hydroxylation sites is 1. The van der Waals surface area contributed by atoms with Crippen molar-refractivity contribution in [3.05, 3.63) is 59.1 Å². The fourth-order valence-electron chi connectivity index (χ4n) is 1.64. The zero-order valence-corrected chi connectivity index (χ0v) is 11.4. The molecule has 0 fully saturated rings. The minimum atomic E-state index is -0.387. The summed E-state index contributed by atoms with van der Waals surface area (Å²) in [6.45, 7) is 0.677. The van der Waals surface area contributed by atoms with Gasteiger partial charge in [-0.05, 0) is 30.3 Å². The van der Waals surface area contributed by atoms with E-state index in [1.165, 1.54) is 18.2 Å². The molecular formula is C15H14ClNO3. The zero-order valence-electron chi connectivity index (χ0n) is 10.7. The van der Waals surface area contributed by atoms with Crippen LogP contribution in [0.1, 0.15) is 10.4 Å². The van der Waals surface area contributed by atoms with Gasteiger partial charge in [-0.2, -0.15) is 0 Å². The first kappa shape index (κ1) is 14.2. The molecule has 0 aromatic heterocycles. The van der Waals surface area contributed by atoms with E-state index in [2.05, 4.69) is 5.32 Å². The average molecular weight is 292 g/mol. The molecule has 0 radical (unpaired) electrons. The van der Waals surface area contributed by atoms with Crippen LogP contribution in [0.5, 0.6) is 11.5 Å². The van der Waals surface area contributed by atoms with Crippen LogP contribution in [0.25, 0.3) is 0 Å². The summed E-state index contributed by atoms with van der Waals surface area (Å²) in [4.78, 5) is 11.8. The zero-order chi connectivity index (χ0) is 14.4. The summed E-state index contributed by atoms with van der Waals surface area (Å²) < 4.78 is 5.44. The summed E-state index contributed by atoms with van der Waals surface area (Å²) in [6, 6.07) is 13.6. The van der Waals surface area contributed by atoms with Gasteiger partial charge in [-0.3, -0.25) is 4.79 Å². The number of benzene rings is 2. The number of halogens is 1. The molecule has 0 aliphatic heterocycles. The number of phenolic OH excluding ortho intramolecular Hbond substituents is 1. The first-order valence-corrected chi connectivity index (χ1v) is 6.49. The van der Waals surface area contributed by atoms with Crippen LogP contribution in [0, 0.1) is 0 Å². The second-order valence-corrected chi connectivity index (χ2v) is 4.52.